The molecule has 0 spiro atoms. The van der Waals surface area contributed by atoms with Gasteiger partial charge >= 0.3 is 0 Å². The van der Waals surface area contributed by atoms with E-state index in [1.807, 2.05) is 31.2 Å². The normalized spacial score (nSPS) is 25.8. The van der Waals surface area contributed by atoms with E-state index in [0.717, 1.165) is 22.4 Å². The van der Waals surface area contributed by atoms with Crippen molar-refractivity contribution in [3.05, 3.63) is 69.7 Å². The summed E-state index contributed by atoms with van der Waals surface area (Å²) in [5.41, 5.74) is 4.10. The molecule has 1 aliphatic rings. The minimum absolute atomic E-state index is 0.384. The predicted octanol–water partition coefficient (Wildman–Crippen LogP) is 1.83. The van der Waals surface area contributed by atoms with Crippen LogP contribution in [0.2, 0.25) is 5.02 Å². The molecule has 33 heavy (non-hydrogen) atoms. The van der Waals surface area contributed by atoms with Crippen LogP contribution in [0.5, 0.6) is 0 Å². The molecule has 2 aromatic rings. The highest BCUT2D eigenvalue weighted by Crippen LogP contribution is 2.34. The second-order valence-corrected chi connectivity index (χ2v) is 8.38. The van der Waals surface area contributed by atoms with E-state index in [1.165, 1.54) is 0 Å². The van der Waals surface area contributed by atoms with Crippen LogP contribution in [0.25, 0.3) is 0 Å². The summed E-state index contributed by atoms with van der Waals surface area (Å²) in [5.74, 6) is 0. The standard InChI is InChI=1S/C24H30ClNO7/c1-14(26-32-10-9-31-2)16-5-3-15(4-6-16)11-18-12-17(7-8-19(18)25)24-23(30)22(29)21(28)20(13-27)33-24/h3-8,12,20-24,27-30H,9-11,13H2,1-2H3/t20-,21-,22+,23-,24+/m1/s1. The van der Waals surface area contributed by atoms with Crippen molar-refractivity contribution < 1.29 is 34.7 Å². The van der Waals surface area contributed by atoms with Crippen molar-refractivity contribution in [3.63, 3.8) is 0 Å². The molecule has 0 aromatic heterocycles. The van der Waals surface area contributed by atoms with Crippen LogP contribution in [0.4, 0.5) is 0 Å². The zero-order valence-corrected chi connectivity index (χ0v) is 19.4. The Bertz CT molecular complexity index is 935. The largest absolute Gasteiger partial charge is 0.394 e. The first-order valence-electron chi connectivity index (χ1n) is 10.7. The lowest BCUT2D eigenvalue weighted by molar-refractivity contribution is -0.231. The lowest BCUT2D eigenvalue weighted by atomic mass is 9.90. The molecule has 4 N–H and O–H groups in total. The Morgan fingerprint density at radius 3 is 2.42 bits per heavy atom. The number of aliphatic hydroxyl groups is 4. The minimum Gasteiger partial charge on any atom is -0.394 e. The second-order valence-electron chi connectivity index (χ2n) is 7.98. The second kappa shape index (κ2) is 11.9. The number of halogens is 1. The Balaban J connectivity index is 1.74. The van der Waals surface area contributed by atoms with Crippen molar-refractivity contribution >= 4 is 17.3 Å². The number of nitrogens with zero attached hydrogens (tertiary/aromatic N) is 1. The van der Waals surface area contributed by atoms with Gasteiger partial charge in [0.2, 0.25) is 0 Å². The maximum atomic E-state index is 10.4. The van der Waals surface area contributed by atoms with E-state index in [4.69, 9.17) is 25.9 Å². The minimum atomic E-state index is -1.43. The summed E-state index contributed by atoms with van der Waals surface area (Å²) in [6, 6.07) is 13.0. The number of methoxy groups -OCH3 is 1. The van der Waals surface area contributed by atoms with Gasteiger partial charge in [0.05, 0.1) is 18.9 Å². The molecule has 1 saturated heterocycles. The van der Waals surface area contributed by atoms with Crippen LogP contribution in [0.15, 0.2) is 47.6 Å². The van der Waals surface area contributed by atoms with Gasteiger partial charge in [-0.3, -0.25) is 0 Å². The molecule has 3 rings (SSSR count). The molecule has 0 aliphatic carbocycles. The lowest BCUT2D eigenvalue weighted by Crippen LogP contribution is -2.55. The van der Waals surface area contributed by atoms with Gasteiger partial charge in [-0.1, -0.05) is 53.2 Å². The van der Waals surface area contributed by atoms with Gasteiger partial charge in [-0.2, -0.15) is 0 Å². The highest BCUT2D eigenvalue weighted by atomic mass is 35.5. The van der Waals surface area contributed by atoms with Crippen LogP contribution in [-0.2, 0) is 20.7 Å². The number of aliphatic hydroxyl groups excluding tert-OH is 4. The van der Waals surface area contributed by atoms with Crippen molar-refractivity contribution in [2.75, 3.05) is 26.9 Å². The van der Waals surface area contributed by atoms with Gasteiger partial charge in [0, 0.05) is 12.1 Å². The van der Waals surface area contributed by atoms with E-state index in [2.05, 4.69) is 5.16 Å². The van der Waals surface area contributed by atoms with E-state index < -0.39 is 37.1 Å². The van der Waals surface area contributed by atoms with Crippen LogP contribution in [0, 0.1) is 0 Å². The van der Waals surface area contributed by atoms with E-state index in [-0.39, 0.29) is 0 Å². The van der Waals surface area contributed by atoms with Crippen molar-refractivity contribution in [1.29, 1.82) is 0 Å². The Kier molecular flexibility index (Phi) is 9.22. The first kappa shape index (κ1) is 25.6. The average molecular weight is 480 g/mol. The molecule has 2 aromatic carbocycles. The van der Waals surface area contributed by atoms with Crippen molar-refractivity contribution in [3.8, 4) is 0 Å². The van der Waals surface area contributed by atoms with Gasteiger partial charge in [-0.05, 0) is 41.7 Å². The zero-order valence-electron chi connectivity index (χ0n) is 18.6. The highest BCUT2D eigenvalue weighted by molar-refractivity contribution is 6.31. The van der Waals surface area contributed by atoms with E-state index in [1.54, 1.807) is 25.3 Å². The van der Waals surface area contributed by atoms with Gasteiger partial charge in [0.25, 0.3) is 0 Å². The molecule has 180 valence electrons. The van der Waals surface area contributed by atoms with Crippen LogP contribution < -0.4 is 0 Å². The molecule has 5 atom stereocenters. The van der Waals surface area contributed by atoms with Gasteiger partial charge in [-0.25, -0.2) is 0 Å². The molecule has 0 unspecified atom stereocenters. The summed E-state index contributed by atoms with van der Waals surface area (Å²) in [7, 11) is 1.60. The van der Waals surface area contributed by atoms with Crippen LogP contribution in [0.3, 0.4) is 0 Å². The molecule has 8 nitrogen and oxygen atoms in total. The van der Waals surface area contributed by atoms with E-state index in [0.29, 0.717) is 30.2 Å². The monoisotopic (exact) mass is 479 g/mol. The lowest BCUT2D eigenvalue weighted by Gasteiger charge is -2.40. The third-order valence-electron chi connectivity index (χ3n) is 5.64. The molecule has 0 amide bonds. The van der Waals surface area contributed by atoms with Crippen LogP contribution in [0.1, 0.15) is 35.3 Å². The van der Waals surface area contributed by atoms with Gasteiger partial charge < -0.3 is 34.7 Å². The Morgan fingerprint density at radius 1 is 1.03 bits per heavy atom. The summed E-state index contributed by atoms with van der Waals surface area (Å²) in [6.45, 7) is 2.24. The molecule has 0 bridgehead atoms. The molecular formula is C24H30ClNO7. The Morgan fingerprint density at radius 2 is 1.76 bits per heavy atom. The summed E-state index contributed by atoms with van der Waals surface area (Å²) >= 11 is 6.42. The SMILES string of the molecule is COCCON=C(C)c1ccc(Cc2cc([C@@H]3O[C@H](CO)[C@@H](O)[C@H](O)[C@H]3O)ccc2Cl)cc1. The number of benzene rings is 2. The summed E-state index contributed by atoms with van der Waals surface area (Å²) in [6.07, 6.45) is -5.52. The summed E-state index contributed by atoms with van der Waals surface area (Å²) in [4.78, 5) is 5.21. The number of oxime groups is 1. The number of hydrogen-bond donors (Lipinski definition) is 4. The molecular weight excluding hydrogens is 450 g/mol. The Hall–Kier alpha value is -2.04. The first-order chi connectivity index (χ1) is 15.8. The predicted molar refractivity (Wildman–Crippen MR) is 123 cm³/mol. The highest BCUT2D eigenvalue weighted by Gasteiger charge is 2.44. The quantitative estimate of drug-likeness (QED) is 0.246. The van der Waals surface area contributed by atoms with Crippen LogP contribution in [-0.4, -0.2) is 77.5 Å². The number of hydrogen-bond acceptors (Lipinski definition) is 8. The van der Waals surface area contributed by atoms with E-state index in [9.17, 15) is 20.4 Å². The molecule has 9 heteroatoms. The molecule has 1 heterocycles. The van der Waals surface area contributed by atoms with Crippen molar-refractivity contribution in [1.82, 2.24) is 0 Å². The Labute approximate surface area is 198 Å². The molecule has 0 saturated carbocycles. The third-order valence-corrected chi connectivity index (χ3v) is 6.01. The van der Waals surface area contributed by atoms with Crippen molar-refractivity contribution in [2.45, 2.75) is 43.9 Å². The zero-order chi connectivity index (χ0) is 24.0. The molecule has 0 radical (unpaired) electrons. The van der Waals surface area contributed by atoms with Crippen LogP contribution >= 0.6 is 11.6 Å². The van der Waals surface area contributed by atoms with Crippen molar-refractivity contribution in [2.24, 2.45) is 5.16 Å². The first-order valence-corrected chi connectivity index (χ1v) is 11.1. The van der Waals surface area contributed by atoms with Gasteiger partial charge in [0.1, 0.15) is 37.1 Å². The third kappa shape index (κ3) is 6.30. The maximum Gasteiger partial charge on any atom is 0.140 e. The fourth-order valence-electron chi connectivity index (χ4n) is 3.68. The van der Waals surface area contributed by atoms with E-state index >= 15 is 0 Å². The fourth-order valence-corrected chi connectivity index (χ4v) is 3.87. The fraction of sp³-hybridized carbons (Fsp3) is 0.458. The maximum absolute atomic E-state index is 10.4. The molecule has 1 aliphatic heterocycles. The topological polar surface area (TPSA) is 121 Å². The number of ether oxygens (including phenoxy) is 2. The number of rotatable bonds is 9. The smallest absolute Gasteiger partial charge is 0.140 e. The average Bonchev–Trinajstić information content (AvgIpc) is 2.82. The van der Waals surface area contributed by atoms with Gasteiger partial charge in [0.15, 0.2) is 0 Å². The summed E-state index contributed by atoms with van der Waals surface area (Å²) in [5, 5.41) is 44.6. The summed E-state index contributed by atoms with van der Waals surface area (Å²) < 4.78 is 10.6. The molecule has 1 fully saturated rings. The van der Waals surface area contributed by atoms with Gasteiger partial charge in [-0.15, -0.1) is 0 Å².